The third kappa shape index (κ3) is 4.86. The molecule has 0 bridgehead atoms. The zero-order chi connectivity index (χ0) is 18.2. The van der Waals surface area contributed by atoms with Gasteiger partial charge in [0.05, 0.1) is 18.6 Å². The molecule has 3 rings (SSSR count). The van der Waals surface area contributed by atoms with Gasteiger partial charge in [0, 0.05) is 24.9 Å². The van der Waals surface area contributed by atoms with Crippen molar-refractivity contribution in [2.24, 2.45) is 0 Å². The number of nitrogens with zero attached hydrogens (tertiary/aromatic N) is 2. The van der Waals surface area contributed by atoms with Gasteiger partial charge >= 0.3 is 0 Å². The lowest BCUT2D eigenvalue weighted by atomic mass is 10.3. The molecule has 0 aliphatic carbocycles. The lowest BCUT2D eigenvalue weighted by Gasteiger charge is -2.11. The highest BCUT2D eigenvalue weighted by atomic mass is 16.5. The van der Waals surface area contributed by atoms with Gasteiger partial charge in [-0.25, -0.2) is 4.98 Å². The molecule has 3 aromatic rings. The zero-order valence-corrected chi connectivity index (χ0v) is 14.6. The Balaban J connectivity index is 1.57. The Hall–Kier alpha value is -3.28. The molecule has 0 fully saturated rings. The minimum Gasteiger partial charge on any atom is -0.490 e. The summed E-state index contributed by atoms with van der Waals surface area (Å²) in [6.07, 6.45) is 9.26. The van der Waals surface area contributed by atoms with Gasteiger partial charge in [-0.3, -0.25) is 4.79 Å². The number of aromatic nitrogens is 2. The SMILES string of the molecule is CCc1ccc(/C=C/C(=O)Nc2ccccc2OCCn2ccnc2)o1. The summed E-state index contributed by atoms with van der Waals surface area (Å²) in [6, 6.07) is 11.1. The number of para-hydroxylation sites is 2. The Labute approximate surface area is 152 Å². The van der Waals surface area contributed by atoms with Crippen LogP contribution in [0.4, 0.5) is 5.69 Å². The second kappa shape index (κ2) is 8.71. The molecule has 1 aromatic carbocycles. The number of furan rings is 1. The van der Waals surface area contributed by atoms with E-state index in [0.717, 1.165) is 12.2 Å². The van der Waals surface area contributed by atoms with Crippen molar-refractivity contribution in [2.75, 3.05) is 11.9 Å². The molecule has 0 aliphatic rings. The van der Waals surface area contributed by atoms with Gasteiger partial charge in [0.15, 0.2) is 0 Å². The molecule has 1 amide bonds. The van der Waals surface area contributed by atoms with Crippen LogP contribution >= 0.6 is 0 Å². The second-order valence-electron chi connectivity index (χ2n) is 5.63. The second-order valence-corrected chi connectivity index (χ2v) is 5.63. The number of carbonyl (C=O) groups excluding carboxylic acids is 1. The van der Waals surface area contributed by atoms with Crippen LogP contribution in [0, 0.1) is 0 Å². The summed E-state index contributed by atoms with van der Waals surface area (Å²) < 4.78 is 13.3. The summed E-state index contributed by atoms with van der Waals surface area (Å²) in [5.41, 5.74) is 0.626. The van der Waals surface area contributed by atoms with E-state index < -0.39 is 0 Å². The van der Waals surface area contributed by atoms with Crippen LogP contribution in [0.15, 0.2) is 65.6 Å². The van der Waals surface area contributed by atoms with Crippen molar-refractivity contribution in [1.29, 1.82) is 0 Å². The average Bonchev–Trinajstić information content (AvgIpc) is 3.33. The third-order valence-electron chi connectivity index (χ3n) is 3.74. The Bertz CT molecular complexity index is 866. The van der Waals surface area contributed by atoms with Crippen molar-refractivity contribution in [3.8, 4) is 5.75 Å². The molecule has 0 radical (unpaired) electrons. The van der Waals surface area contributed by atoms with Crippen molar-refractivity contribution < 1.29 is 13.9 Å². The van der Waals surface area contributed by atoms with Gasteiger partial charge in [0.1, 0.15) is 23.9 Å². The van der Waals surface area contributed by atoms with E-state index in [1.54, 1.807) is 24.7 Å². The maximum absolute atomic E-state index is 12.2. The first kappa shape index (κ1) is 17.5. The molecule has 134 valence electrons. The van der Waals surface area contributed by atoms with E-state index in [1.165, 1.54) is 6.08 Å². The van der Waals surface area contributed by atoms with Gasteiger partial charge in [0.2, 0.25) is 5.91 Å². The van der Waals surface area contributed by atoms with Crippen molar-refractivity contribution >= 4 is 17.7 Å². The molecule has 2 heterocycles. The molecule has 0 saturated heterocycles. The fourth-order valence-electron chi connectivity index (χ4n) is 2.38. The van der Waals surface area contributed by atoms with Crippen LogP contribution in [-0.4, -0.2) is 22.1 Å². The number of anilines is 1. The first-order valence-electron chi connectivity index (χ1n) is 8.50. The van der Waals surface area contributed by atoms with Crippen LogP contribution < -0.4 is 10.1 Å². The molecule has 0 saturated carbocycles. The summed E-state index contributed by atoms with van der Waals surface area (Å²) in [4.78, 5) is 16.2. The topological polar surface area (TPSA) is 69.3 Å². The molecular weight excluding hydrogens is 330 g/mol. The van der Waals surface area contributed by atoms with Gasteiger partial charge in [-0.2, -0.15) is 0 Å². The number of ether oxygens (including phenoxy) is 1. The highest BCUT2D eigenvalue weighted by Gasteiger charge is 2.06. The minimum absolute atomic E-state index is 0.245. The number of amides is 1. The van der Waals surface area contributed by atoms with Crippen molar-refractivity contribution in [2.45, 2.75) is 19.9 Å². The summed E-state index contributed by atoms with van der Waals surface area (Å²) in [7, 11) is 0. The zero-order valence-electron chi connectivity index (χ0n) is 14.6. The van der Waals surface area contributed by atoms with E-state index in [-0.39, 0.29) is 5.91 Å². The highest BCUT2D eigenvalue weighted by Crippen LogP contribution is 2.23. The Morgan fingerprint density at radius 2 is 2.19 bits per heavy atom. The van der Waals surface area contributed by atoms with Gasteiger partial charge < -0.3 is 19.0 Å². The highest BCUT2D eigenvalue weighted by molar-refractivity contribution is 6.02. The van der Waals surface area contributed by atoms with E-state index in [0.29, 0.717) is 30.3 Å². The van der Waals surface area contributed by atoms with Crippen LogP contribution in [0.25, 0.3) is 6.08 Å². The lowest BCUT2D eigenvalue weighted by molar-refractivity contribution is -0.111. The fourth-order valence-corrected chi connectivity index (χ4v) is 2.38. The third-order valence-corrected chi connectivity index (χ3v) is 3.74. The summed E-state index contributed by atoms with van der Waals surface area (Å²) in [5, 5.41) is 2.83. The first-order valence-corrected chi connectivity index (χ1v) is 8.50. The van der Waals surface area contributed by atoms with E-state index in [2.05, 4.69) is 10.3 Å². The number of rotatable bonds is 8. The smallest absolute Gasteiger partial charge is 0.248 e. The van der Waals surface area contributed by atoms with E-state index in [9.17, 15) is 4.79 Å². The fraction of sp³-hybridized carbons (Fsp3) is 0.200. The van der Waals surface area contributed by atoms with Crippen LogP contribution in [-0.2, 0) is 17.8 Å². The van der Waals surface area contributed by atoms with E-state index >= 15 is 0 Å². The number of nitrogens with one attached hydrogen (secondary N) is 1. The Morgan fingerprint density at radius 1 is 1.31 bits per heavy atom. The summed E-state index contributed by atoms with van der Waals surface area (Å²) >= 11 is 0. The molecule has 0 spiro atoms. The summed E-state index contributed by atoms with van der Waals surface area (Å²) in [6.45, 7) is 3.18. The number of carbonyl (C=O) groups is 1. The van der Waals surface area contributed by atoms with Crippen LogP contribution in [0.2, 0.25) is 0 Å². The standard InChI is InChI=1S/C20H21N3O3/c1-2-16-7-8-17(26-16)9-10-20(24)22-18-5-3-4-6-19(18)25-14-13-23-12-11-21-15-23/h3-12,15H,2,13-14H2,1H3,(H,22,24)/b10-9+. The van der Waals surface area contributed by atoms with Gasteiger partial charge in [-0.1, -0.05) is 19.1 Å². The van der Waals surface area contributed by atoms with Gasteiger partial charge in [-0.05, 0) is 30.3 Å². The number of aryl methyl sites for hydroxylation is 1. The quantitative estimate of drug-likeness (QED) is 0.627. The monoisotopic (exact) mass is 351 g/mol. The summed E-state index contributed by atoms with van der Waals surface area (Å²) in [5.74, 6) is 1.93. The molecule has 0 unspecified atom stereocenters. The van der Waals surface area contributed by atoms with Gasteiger partial charge in [-0.15, -0.1) is 0 Å². The predicted octanol–water partition coefficient (Wildman–Crippen LogP) is 3.77. The predicted molar refractivity (Wildman–Crippen MR) is 99.9 cm³/mol. The number of benzene rings is 1. The van der Waals surface area contributed by atoms with E-state index in [4.69, 9.17) is 9.15 Å². The van der Waals surface area contributed by atoms with Crippen molar-refractivity contribution in [3.05, 3.63) is 72.7 Å². The van der Waals surface area contributed by atoms with E-state index in [1.807, 2.05) is 48.0 Å². The molecule has 1 N–H and O–H groups in total. The number of hydrogen-bond acceptors (Lipinski definition) is 4. The minimum atomic E-state index is -0.245. The Morgan fingerprint density at radius 3 is 2.96 bits per heavy atom. The van der Waals surface area contributed by atoms with Crippen LogP contribution in [0.5, 0.6) is 5.75 Å². The normalized spacial score (nSPS) is 11.0. The van der Waals surface area contributed by atoms with Crippen LogP contribution in [0.3, 0.4) is 0 Å². The lowest BCUT2D eigenvalue weighted by Crippen LogP contribution is -2.11. The van der Waals surface area contributed by atoms with Gasteiger partial charge in [0.25, 0.3) is 0 Å². The molecule has 6 heteroatoms. The van der Waals surface area contributed by atoms with Crippen molar-refractivity contribution in [3.63, 3.8) is 0 Å². The first-order chi connectivity index (χ1) is 12.7. The van der Waals surface area contributed by atoms with Crippen LogP contribution in [0.1, 0.15) is 18.4 Å². The molecule has 0 atom stereocenters. The maximum atomic E-state index is 12.2. The average molecular weight is 351 g/mol. The maximum Gasteiger partial charge on any atom is 0.248 e. The molecule has 6 nitrogen and oxygen atoms in total. The molecule has 26 heavy (non-hydrogen) atoms. The number of imidazole rings is 1. The molecular formula is C20H21N3O3. The Kier molecular flexibility index (Phi) is 5.88. The molecule has 0 aliphatic heterocycles. The molecule has 2 aromatic heterocycles. The largest absolute Gasteiger partial charge is 0.490 e. The number of hydrogen-bond donors (Lipinski definition) is 1. The van der Waals surface area contributed by atoms with Crippen molar-refractivity contribution in [1.82, 2.24) is 9.55 Å².